The number of nitrogens with two attached hydrogens (primary N) is 1. The quantitative estimate of drug-likeness (QED) is 0.751. The van der Waals surface area contributed by atoms with E-state index >= 15 is 0 Å². The largest absolute Gasteiger partial charge is 0.508 e. The average Bonchev–Trinajstić information content (AvgIpc) is 2.51. The summed E-state index contributed by atoms with van der Waals surface area (Å²) in [6, 6.07) is -3.12. The highest BCUT2D eigenvalue weighted by Crippen LogP contribution is 2.32. The van der Waals surface area contributed by atoms with Crippen LogP contribution in [0, 0.1) is 0 Å². The summed E-state index contributed by atoms with van der Waals surface area (Å²) in [4.78, 5) is 0. The maximum absolute atomic E-state index is 9.92. The molecule has 2 aromatic rings. The van der Waals surface area contributed by atoms with E-state index in [0.29, 0.717) is 0 Å². The van der Waals surface area contributed by atoms with Gasteiger partial charge in [0.05, 0.1) is 9.60 Å². The normalized spacial score (nSPS) is 16.9. The van der Waals surface area contributed by atoms with E-state index in [1.165, 1.54) is 0 Å². The molecule has 0 heterocycles. The predicted molar refractivity (Wildman–Crippen MR) is 76.7 cm³/mol. The molecule has 2 nitrogen and oxygen atoms in total. The van der Waals surface area contributed by atoms with Crippen molar-refractivity contribution in [3.05, 3.63) is 47.9 Å². The van der Waals surface area contributed by atoms with Gasteiger partial charge in [-0.3, -0.25) is 0 Å². The van der Waals surface area contributed by atoms with E-state index in [9.17, 15) is 5.11 Å². The summed E-state index contributed by atoms with van der Waals surface area (Å²) in [6.07, 6.45) is 0. The number of benzene rings is 2. The lowest BCUT2D eigenvalue weighted by Crippen LogP contribution is -2.11. The van der Waals surface area contributed by atoms with Crippen molar-refractivity contribution in [1.29, 1.82) is 0 Å². The molecule has 0 saturated carbocycles. The molecule has 0 saturated heterocycles. The Morgan fingerprint density at radius 3 is 2.50 bits per heavy atom. The number of hydrogen-bond acceptors (Lipinski definition) is 2. The van der Waals surface area contributed by atoms with Crippen LogP contribution in [0.1, 0.15) is 35.9 Å². The van der Waals surface area contributed by atoms with E-state index in [2.05, 4.69) is 0 Å². The summed E-state index contributed by atoms with van der Waals surface area (Å²) in [6.45, 7) is 5.30. The molecule has 2 rings (SSSR count). The standard InChI is InChI=1S/C16H19NO/c1-16(2,3)12-7-8-15(17)14(10-12)11-5-4-6-13(18)9-11/h4-10,18H,17H2,1-3H3/i4D,5D,6D,7D,8D,9D,10D. The van der Waals surface area contributed by atoms with E-state index in [0.717, 1.165) is 0 Å². The minimum absolute atomic E-state index is 0.135. The monoisotopic (exact) mass is 248 g/mol. The van der Waals surface area contributed by atoms with E-state index in [-0.39, 0.29) is 40.5 Å². The van der Waals surface area contributed by atoms with Gasteiger partial charge in [0, 0.05) is 11.3 Å². The van der Waals surface area contributed by atoms with Gasteiger partial charge in [0.25, 0.3) is 0 Å². The number of rotatable bonds is 1. The van der Waals surface area contributed by atoms with E-state index < -0.39 is 35.3 Å². The number of anilines is 1. The SMILES string of the molecule is [2H]c1c([2H])c(O)c([2H])c(-c2c([2H])c(C(C)(C)C)c([2H])c([2H])c2N)c1[2H]. The zero-order chi connectivity index (χ0) is 19.4. The van der Waals surface area contributed by atoms with Gasteiger partial charge in [0.1, 0.15) is 5.75 Å². The highest BCUT2D eigenvalue weighted by molar-refractivity contribution is 5.77. The van der Waals surface area contributed by atoms with Crippen LogP contribution in [-0.4, -0.2) is 5.11 Å². The van der Waals surface area contributed by atoms with Gasteiger partial charge in [-0.1, -0.05) is 38.9 Å². The molecular weight excluding hydrogens is 222 g/mol. The Morgan fingerprint density at radius 2 is 1.83 bits per heavy atom. The fourth-order valence-electron chi connectivity index (χ4n) is 1.45. The molecule has 0 atom stereocenters. The van der Waals surface area contributed by atoms with Crippen LogP contribution >= 0.6 is 0 Å². The van der Waals surface area contributed by atoms with Crippen LogP contribution in [-0.2, 0) is 5.41 Å². The van der Waals surface area contributed by atoms with Crippen molar-refractivity contribution in [2.24, 2.45) is 0 Å². The van der Waals surface area contributed by atoms with Crippen molar-refractivity contribution in [3.63, 3.8) is 0 Å². The second-order valence-electron chi connectivity index (χ2n) is 5.01. The smallest absolute Gasteiger partial charge is 0.116 e. The van der Waals surface area contributed by atoms with E-state index in [1.807, 2.05) is 0 Å². The Bertz CT molecular complexity index is 859. The molecule has 2 heteroatoms. The minimum Gasteiger partial charge on any atom is -0.508 e. The second kappa shape index (κ2) is 4.37. The maximum atomic E-state index is 9.92. The third kappa shape index (κ3) is 2.48. The highest BCUT2D eigenvalue weighted by atomic mass is 16.3. The Hall–Kier alpha value is -1.96. The zero-order valence-electron chi connectivity index (χ0n) is 17.5. The molecular formula is C16H19NO. The van der Waals surface area contributed by atoms with Crippen molar-refractivity contribution >= 4 is 5.69 Å². The predicted octanol–water partition coefficient (Wildman–Crippen LogP) is 3.94. The first-order valence-electron chi connectivity index (χ1n) is 9.01. The van der Waals surface area contributed by atoms with Crippen LogP contribution in [0.2, 0.25) is 0 Å². The fraction of sp³-hybridized carbons (Fsp3) is 0.250. The lowest BCUT2D eigenvalue weighted by atomic mass is 9.85. The number of aromatic hydroxyl groups is 1. The number of phenolic OH excluding ortho intramolecular Hbond substituents is 1. The minimum atomic E-state index is -0.784. The van der Waals surface area contributed by atoms with Gasteiger partial charge in [-0.05, 0) is 40.7 Å². The molecule has 3 N–H and O–H groups in total. The molecule has 0 unspecified atom stereocenters. The van der Waals surface area contributed by atoms with Crippen LogP contribution in [0.15, 0.2) is 42.3 Å². The molecule has 0 radical (unpaired) electrons. The van der Waals surface area contributed by atoms with Gasteiger partial charge < -0.3 is 10.8 Å². The Morgan fingerprint density at radius 1 is 1.11 bits per heavy atom. The lowest BCUT2D eigenvalue weighted by molar-refractivity contribution is 0.475. The Kier molecular flexibility index (Phi) is 1.52. The molecule has 18 heavy (non-hydrogen) atoms. The number of nitrogen functional groups attached to an aromatic ring is 1. The zero-order valence-corrected chi connectivity index (χ0v) is 10.5. The van der Waals surface area contributed by atoms with Crippen LogP contribution in [0.3, 0.4) is 0 Å². The van der Waals surface area contributed by atoms with Gasteiger partial charge in [-0.2, -0.15) is 0 Å². The molecule has 0 fully saturated rings. The third-order valence-electron chi connectivity index (χ3n) is 2.45. The van der Waals surface area contributed by atoms with Crippen LogP contribution < -0.4 is 5.73 Å². The summed E-state index contributed by atoms with van der Waals surface area (Å²) in [5.41, 5.74) is 4.80. The maximum Gasteiger partial charge on any atom is 0.116 e. The molecule has 2 aromatic carbocycles. The van der Waals surface area contributed by atoms with Crippen molar-refractivity contribution in [2.45, 2.75) is 26.2 Å². The summed E-state index contributed by atoms with van der Waals surface area (Å²) >= 11 is 0. The molecule has 0 bridgehead atoms. The van der Waals surface area contributed by atoms with Crippen LogP contribution in [0.4, 0.5) is 5.69 Å². The number of hydrogen-bond donors (Lipinski definition) is 2. The van der Waals surface area contributed by atoms with Crippen LogP contribution in [0.5, 0.6) is 5.75 Å². The first-order valence-corrected chi connectivity index (χ1v) is 5.51. The van der Waals surface area contributed by atoms with Gasteiger partial charge >= 0.3 is 0 Å². The molecule has 0 spiro atoms. The summed E-state index contributed by atoms with van der Waals surface area (Å²) < 4.78 is 56.1. The number of phenols is 1. The van der Waals surface area contributed by atoms with Crippen molar-refractivity contribution in [1.82, 2.24) is 0 Å². The Balaban J connectivity index is 3.09. The van der Waals surface area contributed by atoms with Gasteiger partial charge in [-0.25, -0.2) is 0 Å². The van der Waals surface area contributed by atoms with E-state index in [1.54, 1.807) is 20.8 Å². The van der Waals surface area contributed by atoms with Gasteiger partial charge in [0.2, 0.25) is 0 Å². The van der Waals surface area contributed by atoms with E-state index in [4.69, 9.17) is 15.3 Å². The summed E-state index contributed by atoms with van der Waals surface area (Å²) in [7, 11) is 0. The second-order valence-corrected chi connectivity index (χ2v) is 5.01. The molecule has 0 aliphatic heterocycles. The fourth-order valence-corrected chi connectivity index (χ4v) is 1.45. The third-order valence-corrected chi connectivity index (χ3v) is 2.45. The van der Waals surface area contributed by atoms with Crippen molar-refractivity contribution in [2.75, 3.05) is 5.73 Å². The first-order chi connectivity index (χ1) is 11.3. The molecule has 0 aromatic heterocycles. The molecule has 0 aliphatic rings. The first kappa shape index (κ1) is 6.28. The molecule has 94 valence electrons. The average molecular weight is 248 g/mol. The van der Waals surface area contributed by atoms with Crippen LogP contribution in [0.25, 0.3) is 11.1 Å². The van der Waals surface area contributed by atoms with Crippen molar-refractivity contribution < 1.29 is 14.7 Å². The summed E-state index contributed by atoms with van der Waals surface area (Å²) in [5, 5.41) is 9.92. The van der Waals surface area contributed by atoms with Gasteiger partial charge in [0.15, 0.2) is 0 Å². The lowest BCUT2D eigenvalue weighted by Gasteiger charge is -2.20. The van der Waals surface area contributed by atoms with Crippen molar-refractivity contribution in [3.8, 4) is 16.9 Å². The van der Waals surface area contributed by atoms with Gasteiger partial charge in [-0.15, -0.1) is 0 Å². The molecule has 0 amide bonds. The summed E-state index contributed by atoms with van der Waals surface area (Å²) in [5.74, 6) is -0.784. The topological polar surface area (TPSA) is 46.2 Å². The Labute approximate surface area is 118 Å². The molecule has 0 aliphatic carbocycles. The highest BCUT2D eigenvalue weighted by Gasteiger charge is 2.15.